The minimum Gasteiger partial charge on any atom is -1.00 e. The number of rotatable bonds is 2. The molecule has 0 unspecified atom stereocenters. The first kappa shape index (κ1) is 10.5. The monoisotopic (exact) mass is 142 g/mol. The van der Waals surface area contributed by atoms with Crippen LogP contribution in [0.5, 0.6) is 0 Å². The van der Waals surface area contributed by atoms with E-state index in [9.17, 15) is 4.79 Å². The topological polar surface area (TPSA) is 17.1 Å². The Labute approximate surface area is 80.5 Å². The van der Waals surface area contributed by atoms with Crippen molar-refractivity contribution in [2.75, 3.05) is 0 Å². The zero-order valence-electron chi connectivity index (χ0n) is 8.00. The fraction of sp³-hybridized carbons (Fsp3) is 0.222. The molecule has 1 rings (SSSR count). The van der Waals surface area contributed by atoms with Crippen molar-refractivity contribution < 1.29 is 25.1 Å². The molecule has 0 fully saturated rings. The Morgan fingerprint density at radius 3 is 2.82 bits per heavy atom. The zero-order valence-corrected chi connectivity index (χ0v) is 7.00. The van der Waals surface area contributed by atoms with Crippen LogP contribution in [-0.4, -0.2) is 6.29 Å². The molecule has 0 N–H and O–H groups in total. The van der Waals surface area contributed by atoms with Crippen molar-refractivity contribution >= 4 is 6.29 Å². The van der Waals surface area contributed by atoms with Crippen LogP contribution in [-0.2, 0) is 11.2 Å². The first-order valence-corrected chi connectivity index (χ1v) is 3.32. The van der Waals surface area contributed by atoms with Crippen LogP contribution >= 0.6 is 0 Å². The predicted molar refractivity (Wildman–Crippen MR) is 42.1 cm³/mol. The molecule has 0 saturated carbocycles. The van der Waals surface area contributed by atoms with Gasteiger partial charge in [-0.1, -0.05) is 29.8 Å². The van der Waals surface area contributed by atoms with Crippen LogP contribution < -0.4 is 18.9 Å². The Morgan fingerprint density at radius 1 is 1.55 bits per heavy atom. The summed E-state index contributed by atoms with van der Waals surface area (Å²) in [6.07, 6.45) is 1.45. The Balaban J connectivity index is 0. The average molecular weight is 142 g/mol. The first-order valence-electron chi connectivity index (χ1n) is 3.32. The second-order valence-electron chi connectivity index (χ2n) is 2.36. The predicted octanol–water partition coefficient (Wildman–Crippen LogP) is -1.15. The summed E-state index contributed by atoms with van der Waals surface area (Å²) in [5.41, 5.74) is 2.30. The van der Waals surface area contributed by atoms with Crippen molar-refractivity contribution in [1.29, 1.82) is 0 Å². The Morgan fingerprint density at radius 2 is 2.27 bits per heavy atom. The van der Waals surface area contributed by atoms with Crippen LogP contribution in [0.3, 0.4) is 0 Å². The van der Waals surface area contributed by atoms with E-state index in [0.29, 0.717) is 6.42 Å². The number of hydrogen-bond donors (Lipinski definition) is 0. The summed E-state index contributed by atoms with van der Waals surface area (Å²) in [4.78, 5) is 10.1. The third kappa shape index (κ3) is 3.41. The van der Waals surface area contributed by atoms with E-state index in [2.05, 4.69) is 0 Å². The molecule has 0 atom stereocenters. The molecule has 0 amide bonds. The number of carbonyl (C=O) groups excluding carboxylic acids is 1. The fourth-order valence-corrected chi connectivity index (χ4v) is 0.935. The molecule has 0 saturated heterocycles. The van der Waals surface area contributed by atoms with E-state index in [4.69, 9.17) is 0 Å². The van der Waals surface area contributed by atoms with E-state index in [1.807, 2.05) is 31.2 Å². The Kier molecular flexibility index (Phi) is 4.94. The summed E-state index contributed by atoms with van der Waals surface area (Å²) in [5, 5.41) is 0. The smallest absolute Gasteiger partial charge is 1.00 e. The number of hydrogen-bond acceptors (Lipinski definition) is 1. The van der Waals surface area contributed by atoms with Crippen LogP contribution in [0.4, 0.5) is 0 Å². The maximum atomic E-state index is 10.1. The molecule has 0 aliphatic rings. The van der Waals surface area contributed by atoms with Crippen molar-refractivity contribution in [2.45, 2.75) is 13.3 Å². The molecule has 0 aliphatic carbocycles. The summed E-state index contributed by atoms with van der Waals surface area (Å²) < 4.78 is 0. The van der Waals surface area contributed by atoms with Crippen molar-refractivity contribution in [3.8, 4) is 0 Å². The number of aryl methyl sites for hydroxylation is 1. The maximum Gasteiger partial charge on any atom is 1.00 e. The van der Waals surface area contributed by atoms with Crippen LogP contribution in [0.25, 0.3) is 0 Å². The molecule has 0 radical (unpaired) electrons. The molecule has 1 aromatic rings. The van der Waals surface area contributed by atoms with Gasteiger partial charge in [0.15, 0.2) is 0 Å². The van der Waals surface area contributed by atoms with Gasteiger partial charge in [-0.2, -0.15) is 0 Å². The molecular weight excluding hydrogens is 131 g/mol. The quantitative estimate of drug-likeness (QED) is 0.376. The van der Waals surface area contributed by atoms with Crippen molar-refractivity contribution in [2.24, 2.45) is 0 Å². The van der Waals surface area contributed by atoms with E-state index in [1.54, 1.807) is 0 Å². The molecule has 2 heteroatoms. The van der Waals surface area contributed by atoms with Gasteiger partial charge >= 0.3 is 18.9 Å². The maximum absolute atomic E-state index is 10.1. The van der Waals surface area contributed by atoms with E-state index in [0.717, 1.165) is 11.8 Å². The van der Waals surface area contributed by atoms with E-state index < -0.39 is 0 Å². The second kappa shape index (κ2) is 5.18. The van der Waals surface area contributed by atoms with E-state index >= 15 is 0 Å². The molecule has 0 aromatic heterocycles. The number of benzene rings is 1. The largest absolute Gasteiger partial charge is 1.00 e. The molecule has 0 aliphatic heterocycles. The van der Waals surface area contributed by atoms with Gasteiger partial charge in [-0.3, -0.25) is 0 Å². The van der Waals surface area contributed by atoms with Crippen LogP contribution in [0, 0.1) is 6.92 Å². The third-order valence-electron chi connectivity index (χ3n) is 1.40. The molecule has 54 valence electrons. The minimum atomic E-state index is 0. The summed E-state index contributed by atoms with van der Waals surface area (Å²) in [7, 11) is 0. The van der Waals surface area contributed by atoms with Crippen molar-refractivity contribution in [3.63, 3.8) is 0 Å². The fourth-order valence-electron chi connectivity index (χ4n) is 0.935. The molecule has 0 spiro atoms. The van der Waals surface area contributed by atoms with Crippen molar-refractivity contribution in [1.82, 2.24) is 0 Å². The van der Waals surface area contributed by atoms with Gasteiger partial charge < -0.3 is 6.22 Å². The zero-order chi connectivity index (χ0) is 7.40. The average Bonchev–Trinajstić information content (AvgIpc) is 1.88. The Bertz CT molecular complexity index is 238. The summed E-state index contributed by atoms with van der Waals surface area (Å²) in [6, 6.07) is 7.97. The molecule has 11 heavy (non-hydrogen) atoms. The van der Waals surface area contributed by atoms with E-state index in [1.165, 1.54) is 5.56 Å². The first-order chi connectivity index (χ1) is 4.83. The second-order valence-corrected chi connectivity index (χ2v) is 2.36. The van der Waals surface area contributed by atoms with Gasteiger partial charge in [0.1, 0.15) is 6.29 Å². The van der Waals surface area contributed by atoms with Gasteiger partial charge in [0.05, 0.1) is 0 Å². The van der Waals surface area contributed by atoms with Gasteiger partial charge in [0, 0.05) is 6.42 Å². The van der Waals surface area contributed by atoms with Crippen molar-refractivity contribution in [3.05, 3.63) is 35.4 Å². The minimum absolute atomic E-state index is 0. The summed E-state index contributed by atoms with van der Waals surface area (Å²) in [6.45, 7) is 2.02. The molecule has 0 heterocycles. The molecule has 0 bridgehead atoms. The van der Waals surface area contributed by atoms with Gasteiger partial charge in [-0.25, -0.2) is 0 Å². The number of carbonyl (C=O) groups is 1. The molecule has 1 nitrogen and oxygen atoms in total. The van der Waals surface area contributed by atoms with E-state index in [-0.39, 0.29) is 20.3 Å². The molecule has 1 aromatic carbocycles. The van der Waals surface area contributed by atoms with Crippen LogP contribution in [0.2, 0.25) is 0 Å². The van der Waals surface area contributed by atoms with Gasteiger partial charge in [0.25, 0.3) is 0 Å². The Hall–Kier alpha value is -0.513. The SMILES string of the molecule is Cc1cccc(CC=O)c1.[H-].[Li+]. The summed E-state index contributed by atoms with van der Waals surface area (Å²) >= 11 is 0. The number of aldehydes is 1. The third-order valence-corrected chi connectivity index (χ3v) is 1.40. The summed E-state index contributed by atoms with van der Waals surface area (Å²) in [5.74, 6) is 0. The normalized spacial score (nSPS) is 8.45. The van der Waals surface area contributed by atoms with Gasteiger partial charge in [-0.15, -0.1) is 0 Å². The van der Waals surface area contributed by atoms with Crippen LogP contribution in [0.15, 0.2) is 24.3 Å². The van der Waals surface area contributed by atoms with Gasteiger partial charge in [-0.05, 0) is 12.5 Å². The van der Waals surface area contributed by atoms with Gasteiger partial charge in [0.2, 0.25) is 0 Å². The molecular formula is C9H11LiO. The van der Waals surface area contributed by atoms with Crippen LogP contribution in [0.1, 0.15) is 12.6 Å². The standard InChI is InChI=1S/C9H10O.Li.H/c1-8-3-2-4-9(7-8)5-6-10;;/h2-4,6-7H,5H2,1H3;;/q;+1;-1.